The molecular weight excluding hydrogens is 212 g/mol. The van der Waals surface area contributed by atoms with Crippen LogP contribution in [0.1, 0.15) is 29.6 Å². The number of methoxy groups -OCH3 is 1. The molecule has 0 bridgehead atoms. The van der Waals surface area contributed by atoms with Gasteiger partial charge in [0.1, 0.15) is 6.61 Å². The van der Waals surface area contributed by atoms with E-state index < -0.39 is 0 Å². The van der Waals surface area contributed by atoms with E-state index in [9.17, 15) is 4.79 Å². The molecule has 0 radical (unpaired) electrons. The van der Waals surface area contributed by atoms with Gasteiger partial charge in [0.15, 0.2) is 11.5 Å². The lowest BCUT2D eigenvalue weighted by molar-refractivity contribution is 0.0924. The largest absolute Gasteiger partial charge is 0.396 e. The van der Waals surface area contributed by atoms with E-state index in [1.807, 2.05) is 6.92 Å². The fourth-order valence-electron chi connectivity index (χ4n) is 1.19. The average molecular weight is 228 g/mol. The highest BCUT2D eigenvalue weighted by molar-refractivity contribution is 5.92. The van der Waals surface area contributed by atoms with Crippen molar-refractivity contribution in [1.29, 1.82) is 0 Å². The lowest BCUT2D eigenvalue weighted by Crippen LogP contribution is -2.33. The Hall–Kier alpha value is -1.40. The molecule has 1 amide bonds. The number of hydrogen-bond donors (Lipinski definition) is 2. The van der Waals surface area contributed by atoms with Crippen LogP contribution in [0.15, 0.2) is 10.6 Å². The summed E-state index contributed by atoms with van der Waals surface area (Å²) in [6.45, 7) is 2.13. The molecule has 1 unspecified atom stereocenters. The summed E-state index contributed by atoms with van der Waals surface area (Å²) in [6, 6.07) is 1.44. The van der Waals surface area contributed by atoms with Crippen molar-refractivity contribution < 1.29 is 19.2 Å². The number of aromatic nitrogens is 1. The topological polar surface area (TPSA) is 84.6 Å². The van der Waals surface area contributed by atoms with Crippen molar-refractivity contribution in [3.63, 3.8) is 0 Å². The van der Waals surface area contributed by atoms with E-state index in [2.05, 4.69) is 10.5 Å². The van der Waals surface area contributed by atoms with Gasteiger partial charge < -0.3 is 19.7 Å². The van der Waals surface area contributed by atoms with Gasteiger partial charge in [-0.25, -0.2) is 0 Å². The summed E-state index contributed by atoms with van der Waals surface area (Å²) < 4.78 is 9.72. The first-order valence-electron chi connectivity index (χ1n) is 5.03. The maximum Gasteiger partial charge on any atom is 0.273 e. The Morgan fingerprint density at radius 2 is 2.50 bits per heavy atom. The van der Waals surface area contributed by atoms with Crippen molar-refractivity contribution in [2.45, 2.75) is 26.0 Å². The summed E-state index contributed by atoms with van der Waals surface area (Å²) in [4.78, 5) is 11.6. The van der Waals surface area contributed by atoms with Gasteiger partial charge in [0.2, 0.25) is 0 Å². The molecule has 0 spiro atoms. The van der Waals surface area contributed by atoms with Crippen molar-refractivity contribution >= 4 is 5.91 Å². The molecule has 1 atom stereocenters. The van der Waals surface area contributed by atoms with Crippen molar-refractivity contribution in [2.24, 2.45) is 0 Å². The number of carbonyl (C=O) groups is 1. The number of aliphatic hydroxyl groups excluding tert-OH is 1. The van der Waals surface area contributed by atoms with Gasteiger partial charge in [-0.05, 0) is 13.3 Å². The zero-order valence-electron chi connectivity index (χ0n) is 9.40. The summed E-state index contributed by atoms with van der Waals surface area (Å²) in [6.07, 6.45) is 0.508. The molecule has 1 aromatic heterocycles. The van der Waals surface area contributed by atoms with Crippen LogP contribution in [0.3, 0.4) is 0 Å². The fraction of sp³-hybridized carbons (Fsp3) is 0.600. The van der Waals surface area contributed by atoms with Crippen LogP contribution in [0.4, 0.5) is 0 Å². The SMILES string of the molecule is COCc1cc(C(=O)NC(C)CCO)no1. The third-order valence-corrected chi connectivity index (χ3v) is 2.02. The van der Waals surface area contributed by atoms with Crippen molar-refractivity contribution in [1.82, 2.24) is 10.5 Å². The van der Waals surface area contributed by atoms with Gasteiger partial charge in [-0.2, -0.15) is 0 Å². The van der Waals surface area contributed by atoms with Gasteiger partial charge in [0.25, 0.3) is 5.91 Å². The van der Waals surface area contributed by atoms with Crippen molar-refractivity contribution in [3.8, 4) is 0 Å². The third kappa shape index (κ3) is 3.63. The number of rotatable bonds is 6. The summed E-state index contributed by atoms with van der Waals surface area (Å²) in [5.41, 5.74) is 0.219. The van der Waals surface area contributed by atoms with Crippen LogP contribution >= 0.6 is 0 Å². The molecule has 0 saturated heterocycles. The van der Waals surface area contributed by atoms with E-state index in [0.29, 0.717) is 12.2 Å². The molecule has 0 aliphatic carbocycles. The van der Waals surface area contributed by atoms with Crippen LogP contribution in [-0.2, 0) is 11.3 Å². The summed E-state index contributed by atoms with van der Waals surface area (Å²) in [5.74, 6) is 0.189. The molecular formula is C10H16N2O4. The van der Waals surface area contributed by atoms with Gasteiger partial charge in [0, 0.05) is 25.8 Å². The Morgan fingerprint density at radius 3 is 3.12 bits per heavy atom. The van der Waals surface area contributed by atoms with Gasteiger partial charge in [-0.15, -0.1) is 0 Å². The summed E-state index contributed by atoms with van der Waals surface area (Å²) >= 11 is 0. The van der Waals surface area contributed by atoms with E-state index in [-0.39, 0.29) is 30.9 Å². The number of nitrogens with one attached hydrogen (secondary N) is 1. The number of nitrogens with zero attached hydrogens (tertiary/aromatic N) is 1. The minimum Gasteiger partial charge on any atom is -0.396 e. The number of amides is 1. The number of ether oxygens (including phenoxy) is 1. The zero-order chi connectivity index (χ0) is 12.0. The highest BCUT2D eigenvalue weighted by Gasteiger charge is 2.14. The predicted molar refractivity (Wildman–Crippen MR) is 55.8 cm³/mol. The molecule has 0 aliphatic heterocycles. The minimum atomic E-state index is -0.313. The van der Waals surface area contributed by atoms with Crippen LogP contribution in [0.5, 0.6) is 0 Å². The molecule has 0 fully saturated rings. The zero-order valence-corrected chi connectivity index (χ0v) is 9.40. The molecule has 1 aromatic rings. The first-order valence-corrected chi connectivity index (χ1v) is 5.03. The molecule has 1 rings (SSSR count). The van der Waals surface area contributed by atoms with Crippen LogP contribution < -0.4 is 5.32 Å². The first-order chi connectivity index (χ1) is 7.67. The van der Waals surface area contributed by atoms with E-state index >= 15 is 0 Å². The van der Waals surface area contributed by atoms with Crippen LogP contribution in [0, 0.1) is 0 Å². The normalized spacial score (nSPS) is 12.4. The maximum atomic E-state index is 11.6. The quantitative estimate of drug-likeness (QED) is 0.732. The summed E-state index contributed by atoms with van der Waals surface area (Å²) in [7, 11) is 1.53. The molecule has 0 aliphatic rings. The minimum absolute atomic E-state index is 0.0369. The Balaban J connectivity index is 2.52. The van der Waals surface area contributed by atoms with Crippen molar-refractivity contribution in [3.05, 3.63) is 17.5 Å². The third-order valence-electron chi connectivity index (χ3n) is 2.02. The number of aliphatic hydroxyl groups is 1. The molecule has 1 heterocycles. The molecule has 0 aromatic carbocycles. The van der Waals surface area contributed by atoms with Crippen LogP contribution in [0.2, 0.25) is 0 Å². The molecule has 6 heteroatoms. The first kappa shape index (κ1) is 12.7. The molecule has 2 N–H and O–H groups in total. The second-order valence-corrected chi connectivity index (χ2v) is 3.50. The number of carbonyl (C=O) groups excluding carboxylic acids is 1. The Morgan fingerprint density at radius 1 is 1.75 bits per heavy atom. The molecule has 0 saturated carbocycles. The monoisotopic (exact) mass is 228 g/mol. The van der Waals surface area contributed by atoms with E-state index in [1.165, 1.54) is 13.2 Å². The highest BCUT2D eigenvalue weighted by atomic mass is 16.5. The highest BCUT2D eigenvalue weighted by Crippen LogP contribution is 2.05. The van der Waals surface area contributed by atoms with Gasteiger partial charge >= 0.3 is 0 Å². The molecule has 6 nitrogen and oxygen atoms in total. The summed E-state index contributed by atoms with van der Waals surface area (Å²) in [5, 5.41) is 15.0. The lowest BCUT2D eigenvalue weighted by atomic mass is 10.2. The lowest BCUT2D eigenvalue weighted by Gasteiger charge is -2.10. The molecule has 90 valence electrons. The Kier molecular flexibility index (Phi) is 4.94. The van der Waals surface area contributed by atoms with Crippen LogP contribution in [-0.4, -0.2) is 35.9 Å². The van der Waals surface area contributed by atoms with Crippen molar-refractivity contribution in [2.75, 3.05) is 13.7 Å². The predicted octanol–water partition coefficient (Wildman–Crippen LogP) is 0.322. The maximum absolute atomic E-state index is 11.6. The second-order valence-electron chi connectivity index (χ2n) is 3.50. The standard InChI is InChI=1S/C10H16N2O4/c1-7(3-4-13)11-10(14)9-5-8(6-15-2)16-12-9/h5,7,13H,3-4,6H2,1-2H3,(H,11,14). The van der Waals surface area contributed by atoms with E-state index in [1.54, 1.807) is 0 Å². The van der Waals surface area contributed by atoms with E-state index in [4.69, 9.17) is 14.4 Å². The van der Waals surface area contributed by atoms with Gasteiger partial charge in [0.05, 0.1) is 0 Å². The second kappa shape index (κ2) is 6.24. The Labute approximate surface area is 93.6 Å². The van der Waals surface area contributed by atoms with Gasteiger partial charge in [-0.3, -0.25) is 4.79 Å². The van der Waals surface area contributed by atoms with Gasteiger partial charge in [-0.1, -0.05) is 5.16 Å². The fourth-order valence-corrected chi connectivity index (χ4v) is 1.19. The number of hydrogen-bond acceptors (Lipinski definition) is 5. The average Bonchev–Trinajstić information content (AvgIpc) is 2.67. The van der Waals surface area contributed by atoms with Crippen LogP contribution in [0.25, 0.3) is 0 Å². The smallest absolute Gasteiger partial charge is 0.273 e. The Bertz CT molecular complexity index is 337. The molecule has 16 heavy (non-hydrogen) atoms. The van der Waals surface area contributed by atoms with E-state index in [0.717, 1.165) is 0 Å².